The molecule has 0 aliphatic heterocycles. The number of carbonyl (C=O) groups is 1. The Morgan fingerprint density at radius 1 is 1.57 bits per heavy atom. The van der Waals surface area contributed by atoms with Gasteiger partial charge in [-0.15, -0.1) is 0 Å². The predicted molar refractivity (Wildman–Crippen MR) is 36.5 cm³/mol. The van der Waals surface area contributed by atoms with E-state index in [0.29, 0.717) is 0 Å². The van der Waals surface area contributed by atoms with Gasteiger partial charge >= 0.3 is 35.5 Å². The van der Waals surface area contributed by atoms with Crippen LogP contribution in [0.1, 0.15) is 0 Å². The quantitative estimate of drug-likeness (QED) is 0.269. The van der Waals surface area contributed by atoms with Crippen molar-refractivity contribution in [2.24, 2.45) is 0 Å². The van der Waals surface area contributed by atoms with Gasteiger partial charge in [-0.1, -0.05) is 0 Å². The Balaban J connectivity index is 0. The Bertz CT molecular complexity index is 64.7. The van der Waals surface area contributed by atoms with Crippen LogP contribution in [0.4, 0.5) is 0 Å². The Morgan fingerprint density at radius 3 is 1.71 bits per heavy atom. The maximum absolute atomic E-state index is 9.55. The second kappa shape index (κ2) is 5.31. The summed E-state index contributed by atoms with van der Waals surface area (Å²) in [5.41, 5.74) is 0. The standard InChI is InChI=1S/C2H4O2S2.Na.H/c3-1(4)2(5)6;;/h2,5-6H,(H,3,4);;. The van der Waals surface area contributed by atoms with Crippen LogP contribution in [0.2, 0.25) is 0 Å². The SMILES string of the molecule is O=C(O)C(S)S.[NaH]. The van der Waals surface area contributed by atoms with Gasteiger partial charge < -0.3 is 5.11 Å². The van der Waals surface area contributed by atoms with Gasteiger partial charge in [0, 0.05) is 0 Å². The molecule has 0 aromatic carbocycles. The van der Waals surface area contributed by atoms with Crippen LogP contribution in [0.15, 0.2) is 0 Å². The molecule has 0 saturated heterocycles. The van der Waals surface area contributed by atoms with Crippen LogP contribution >= 0.6 is 25.3 Å². The minimum atomic E-state index is -1.01. The van der Waals surface area contributed by atoms with Crippen LogP contribution in [-0.2, 0) is 4.79 Å². The molecule has 0 amide bonds. The van der Waals surface area contributed by atoms with Crippen LogP contribution in [0.25, 0.3) is 0 Å². The molecule has 0 aromatic heterocycles. The van der Waals surface area contributed by atoms with Gasteiger partial charge in [-0.05, 0) is 0 Å². The van der Waals surface area contributed by atoms with E-state index in [-0.39, 0.29) is 29.6 Å². The Morgan fingerprint density at radius 2 is 1.71 bits per heavy atom. The van der Waals surface area contributed by atoms with E-state index in [1.165, 1.54) is 0 Å². The molecule has 0 aromatic rings. The van der Waals surface area contributed by atoms with Crippen LogP contribution in [0, 0.1) is 0 Å². The second-order valence-electron chi connectivity index (χ2n) is 0.712. The zero-order valence-electron chi connectivity index (χ0n) is 2.83. The summed E-state index contributed by atoms with van der Waals surface area (Å²) in [4.78, 5) is 9.55. The number of carboxylic acid groups (broad SMARTS) is 1. The molecule has 0 rings (SSSR count). The van der Waals surface area contributed by atoms with E-state index in [1.807, 2.05) is 0 Å². The van der Waals surface area contributed by atoms with Gasteiger partial charge in [-0.3, -0.25) is 4.79 Å². The van der Waals surface area contributed by atoms with Crippen LogP contribution < -0.4 is 0 Å². The van der Waals surface area contributed by atoms with Crippen molar-refractivity contribution in [3.05, 3.63) is 0 Å². The molecule has 38 valence electrons. The fourth-order valence-electron chi connectivity index (χ4n) is 0. The van der Waals surface area contributed by atoms with Crippen molar-refractivity contribution >= 4 is 60.8 Å². The molecule has 0 heterocycles. The zero-order valence-corrected chi connectivity index (χ0v) is 4.62. The number of aliphatic carboxylic acids is 1. The molecular weight excluding hydrogens is 143 g/mol. The van der Waals surface area contributed by atoms with Gasteiger partial charge in [0.2, 0.25) is 0 Å². The summed E-state index contributed by atoms with van der Waals surface area (Å²) in [6.07, 6.45) is 0. The fraction of sp³-hybridized carbons (Fsp3) is 0.500. The predicted octanol–water partition coefficient (Wildman–Crippen LogP) is -0.392. The molecular formula is C2H5NaO2S2. The third kappa shape index (κ3) is 7.17. The van der Waals surface area contributed by atoms with E-state index in [1.54, 1.807) is 0 Å². The normalized spacial score (nSPS) is 7.86. The van der Waals surface area contributed by atoms with E-state index in [4.69, 9.17) is 5.11 Å². The first kappa shape index (κ1) is 11.0. The Hall–Kier alpha value is 1.17. The number of thiol groups is 2. The minimum absolute atomic E-state index is 0. The molecule has 0 radical (unpaired) electrons. The van der Waals surface area contributed by atoms with E-state index >= 15 is 0 Å². The van der Waals surface area contributed by atoms with Gasteiger partial charge in [0.1, 0.15) is 4.58 Å². The number of carboxylic acids is 1. The maximum atomic E-state index is 9.55. The van der Waals surface area contributed by atoms with Crippen molar-refractivity contribution < 1.29 is 9.90 Å². The molecule has 0 spiro atoms. The fourth-order valence-corrected chi connectivity index (χ4v) is 0. The Kier molecular flexibility index (Phi) is 8.37. The van der Waals surface area contributed by atoms with Gasteiger partial charge in [0.15, 0.2) is 0 Å². The summed E-state index contributed by atoms with van der Waals surface area (Å²) in [5.74, 6) is -1.01. The van der Waals surface area contributed by atoms with Gasteiger partial charge in [0.05, 0.1) is 0 Å². The van der Waals surface area contributed by atoms with E-state index in [0.717, 1.165) is 0 Å². The van der Waals surface area contributed by atoms with E-state index in [9.17, 15) is 4.79 Å². The van der Waals surface area contributed by atoms with Gasteiger partial charge in [-0.25, -0.2) is 0 Å². The summed E-state index contributed by atoms with van der Waals surface area (Å²) < 4.78 is -0.843. The van der Waals surface area contributed by atoms with Crippen molar-refractivity contribution in [3.63, 3.8) is 0 Å². The third-order valence-electron chi connectivity index (χ3n) is 0.221. The topological polar surface area (TPSA) is 37.3 Å². The molecule has 1 N–H and O–H groups in total. The molecule has 0 fully saturated rings. The average molecular weight is 148 g/mol. The molecule has 0 unspecified atom stereocenters. The first-order chi connectivity index (χ1) is 2.64. The molecule has 0 aliphatic rings. The average Bonchev–Trinajstić information content (AvgIpc) is 1.36. The molecule has 0 atom stereocenters. The molecule has 0 bridgehead atoms. The van der Waals surface area contributed by atoms with Gasteiger partial charge in [-0.2, -0.15) is 25.3 Å². The summed E-state index contributed by atoms with van der Waals surface area (Å²) in [6, 6.07) is 0. The molecule has 2 nitrogen and oxygen atoms in total. The van der Waals surface area contributed by atoms with Crippen molar-refractivity contribution in [3.8, 4) is 0 Å². The van der Waals surface area contributed by atoms with Crippen molar-refractivity contribution in [1.82, 2.24) is 0 Å². The molecule has 5 heteroatoms. The molecule has 0 aliphatic carbocycles. The van der Waals surface area contributed by atoms with Crippen molar-refractivity contribution in [2.45, 2.75) is 4.58 Å². The van der Waals surface area contributed by atoms with Crippen molar-refractivity contribution in [1.29, 1.82) is 0 Å². The van der Waals surface area contributed by atoms with Crippen LogP contribution in [0.3, 0.4) is 0 Å². The summed E-state index contributed by atoms with van der Waals surface area (Å²) in [6.45, 7) is 0. The monoisotopic (exact) mass is 148 g/mol. The van der Waals surface area contributed by atoms with Gasteiger partial charge in [0.25, 0.3) is 0 Å². The first-order valence-corrected chi connectivity index (χ1v) is 2.27. The van der Waals surface area contributed by atoms with Crippen LogP contribution in [0.5, 0.6) is 0 Å². The number of hydrogen-bond acceptors (Lipinski definition) is 3. The zero-order chi connectivity index (χ0) is 5.15. The number of hydrogen-bond donors (Lipinski definition) is 3. The number of rotatable bonds is 1. The Labute approximate surface area is 74.8 Å². The summed E-state index contributed by atoms with van der Waals surface area (Å²) in [5, 5.41) is 7.84. The first-order valence-electron chi connectivity index (χ1n) is 1.23. The summed E-state index contributed by atoms with van der Waals surface area (Å²) >= 11 is 6.92. The van der Waals surface area contributed by atoms with E-state index in [2.05, 4.69) is 25.3 Å². The van der Waals surface area contributed by atoms with Crippen LogP contribution in [-0.4, -0.2) is 45.2 Å². The summed E-state index contributed by atoms with van der Waals surface area (Å²) in [7, 11) is 0. The van der Waals surface area contributed by atoms with E-state index < -0.39 is 10.6 Å². The molecule has 7 heavy (non-hydrogen) atoms. The third-order valence-corrected chi connectivity index (χ3v) is 0.663. The molecule has 0 saturated carbocycles. The van der Waals surface area contributed by atoms with Crippen molar-refractivity contribution in [2.75, 3.05) is 0 Å². The second-order valence-corrected chi connectivity index (χ2v) is 2.15.